The summed E-state index contributed by atoms with van der Waals surface area (Å²) in [6.07, 6.45) is 2.36. The smallest absolute Gasteiger partial charge is 0.123 e. The molecule has 0 aromatic heterocycles. The van der Waals surface area contributed by atoms with Crippen LogP contribution in [0.15, 0.2) is 24.3 Å². The lowest BCUT2D eigenvalue weighted by molar-refractivity contribution is 0.460. The molecular formula is C15H22FN. The van der Waals surface area contributed by atoms with Crippen molar-refractivity contribution in [2.45, 2.75) is 39.7 Å². The van der Waals surface area contributed by atoms with Crippen molar-refractivity contribution in [3.63, 3.8) is 0 Å². The van der Waals surface area contributed by atoms with Crippen molar-refractivity contribution in [1.29, 1.82) is 0 Å². The molecule has 1 aliphatic rings. The normalized spacial score (nSPS) is 23.4. The topological polar surface area (TPSA) is 12.0 Å². The zero-order chi connectivity index (χ0) is 12.5. The second kappa shape index (κ2) is 4.77. The van der Waals surface area contributed by atoms with Gasteiger partial charge in [0.25, 0.3) is 0 Å². The first kappa shape index (κ1) is 12.6. The fourth-order valence-corrected chi connectivity index (χ4v) is 2.40. The van der Waals surface area contributed by atoms with Gasteiger partial charge in [-0.3, -0.25) is 0 Å². The molecule has 17 heavy (non-hydrogen) atoms. The van der Waals surface area contributed by atoms with E-state index in [0.717, 1.165) is 18.9 Å². The Morgan fingerprint density at radius 1 is 1.35 bits per heavy atom. The molecule has 0 radical (unpaired) electrons. The van der Waals surface area contributed by atoms with Crippen molar-refractivity contribution < 1.29 is 4.39 Å². The van der Waals surface area contributed by atoms with E-state index in [1.807, 2.05) is 12.1 Å². The quantitative estimate of drug-likeness (QED) is 0.816. The van der Waals surface area contributed by atoms with E-state index in [4.69, 9.17) is 0 Å². The van der Waals surface area contributed by atoms with E-state index in [9.17, 15) is 4.39 Å². The zero-order valence-corrected chi connectivity index (χ0v) is 11.0. The average Bonchev–Trinajstić information content (AvgIpc) is 2.90. The molecule has 2 unspecified atom stereocenters. The highest BCUT2D eigenvalue weighted by molar-refractivity contribution is 5.19. The van der Waals surface area contributed by atoms with Crippen molar-refractivity contribution in [2.75, 3.05) is 6.54 Å². The first-order valence-corrected chi connectivity index (χ1v) is 6.52. The van der Waals surface area contributed by atoms with Crippen LogP contribution >= 0.6 is 0 Å². The van der Waals surface area contributed by atoms with Crippen LogP contribution in [0.4, 0.5) is 4.39 Å². The van der Waals surface area contributed by atoms with E-state index in [-0.39, 0.29) is 5.82 Å². The number of rotatable bonds is 5. The summed E-state index contributed by atoms with van der Waals surface area (Å²) in [7, 11) is 0. The average molecular weight is 235 g/mol. The van der Waals surface area contributed by atoms with E-state index < -0.39 is 0 Å². The van der Waals surface area contributed by atoms with Gasteiger partial charge in [0, 0.05) is 6.04 Å². The second-order valence-corrected chi connectivity index (χ2v) is 5.81. The highest BCUT2D eigenvalue weighted by Gasteiger charge is 2.44. The minimum atomic E-state index is -0.160. The molecule has 0 heterocycles. The molecule has 1 aromatic rings. The van der Waals surface area contributed by atoms with Gasteiger partial charge < -0.3 is 5.32 Å². The van der Waals surface area contributed by atoms with Crippen LogP contribution < -0.4 is 5.32 Å². The lowest BCUT2D eigenvalue weighted by Gasteiger charge is -2.18. The number of hydrogen-bond donors (Lipinski definition) is 1. The van der Waals surface area contributed by atoms with Crippen molar-refractivity contribution >= 4 is 0 Å². The molecule has 1 saturated carbocycles. The van der Waals surface area contributed by atoms with Crippen LogP contribution in [0, 0.1) is 17.2 Å². The summed E-state index contributed by atoms with van der Waals surface area (Å²) in [5.74, 6) is 0.643. The Morgan fingerprint density at radius 2 is 1.94 bits per heavy atom. The van der Waals surface area contributed by atoms with Crippen molar-refractivity contribution in [3.05, 3.63) is 35.6 Å². The molecule has 94 valence electrons. The van der Waals surface area contributed by atoms with E-state index in [0.29, 0.717) is 11.5 Å². The van der Waals surface area contributed by atoms with Gasteiger partial charge in [-0.1, -0.05) is 32.9 Å². The summed E-state index contributed by atoms with van der Waals surface area (Å²) in [5, 5.41) is 3.60. The Hall–Kier alpha value is -0.890. The maximum Gasteiger partial charge on any atom is 0.123 e. The Morgan fingerprint density at radius 3 is 2.41 bits per heavy atom. The summed E-state index contributed by atoms with van der Waals surface area (Å²) in [6.45, 7) is 7.87. The van der Waals surface area contributed by atoms with Gasteiger partial charge in [0.1, 0.15) is 5.82 Å². The fourth-order valence-electron chi connectivity index (χ4n) is 2.40. The molecule has 0 spiro atoms. The van der Waals surface area contributed by atoms with E-state index in [2.05, 4.69) is 26.1 Å². The van der Waals surface area contributed by atoms with Gasteiger partial charge in [0.05, 0.1) is 0 Å². The highest BCUT2D eigenvalue weighted by atomic mass is 19.1. The molecular weight excluding hydrogens is 213 g/mol. The van der Waals surface area contributed by atoms with Crippen LogP contribution in [0.5, 0.6) is 0 Å². The van der Waals surface area contributed by atoms with Crippen LogP contribution in [-0.2, 0) is 0 Å². The molecule has 2 rings (SSSR count). The monoisotopic (exact) mass is 235 g/mol. The summed E-state index contributed by atoms with van der Waals surface area (Å²) in [4.78, 5) is 0. The molecule has 1 aliphatic carbocycles. The fraction of sp³-hybridized carbons (Fsp3) is 0.600. The summed E-state index contributed by atoms with van der Waals surface area (Å²) in [6, 6.07) is 7.21. The van der Waals surface area contributed by atoms with Gasteiger partial charge >= 0.3 is 0 Å². The second-order valence-electron chi connectivity index (χ2n) is 5.81. The minimum Gasteiger partial charge on any atom is -0.310 e. The van der Waals surface area contributed by atoms with Crippen LogP contribution in [-0.4, -0.2) is 6.54 Å². The largest absolute Gasteiger partial charge is 0.310 e. The third-order valence-electron chi connectivity index (χ3n) is 4.01. The van der Waals surface area contributed by atoms with Crippen LogP contribution in [0.2, 0.25) is 0 Å². The highest BCUT2D eigenvalue weighted by Crippen LogP contribution is 2.51. The van der Waals surface area contributed by atoms with Gasteiger partial charge in [-0.15, -0.1) is 0 Å². The van der Waals surface area contributed by atoms with Gasteiger partial charge in [0.2, 0.25) is 0 Å². The lowest BCUT2D eigenvalue weighted by Crippen LogP contribution is -2.24. The van der Waals surface area contributed by atoms with Gasteiger partial charge in [-0.2, -0.15) is 0 Å². The Labute approximate surface area is 103 Å². The Kier molecular flexibility index (Phi) is 3.53. The molecule has 0 amide bonds. The molecule has 1 nitrogen and oxygen atoms in total. The third kappa shape index (κ3) is 3.06. The SMILES string of the molecule is CCC(NCC1CC1(C)C)c1ccc(F)cc1. The number of benzene rings is 1. The van der Waals surface area contributed by atoms with Gasteiger partial charge in [-0.25, -0.2) is 4.39 Å². The number of hydrogen-bond acceptors (Lipinski definition) is 1. The molecule has 2 heteroatoms. The third-order valence-corrected chi connectivity index (χ3v) is 4.01. The first-order valence-electron chi connectivity index (χ1n) is 6.52. The molecule has 1 fully saturated rings. The molecule has 0 aliphatic heterocycles. The molecule has 1 N–H and O–H groups in total. The predicted molar refractivity (Wildman–Crippen MR) is 69.3 cm³/mol. The molecule has 2 atom stereocenters. The van der Waals surface area contributed by atoms with Crippen molar-refractivity contribution in [3.8, 4) is 0 Å². The van der Waals surface area contributed by atoms with E-state index in [1.54, 1.807) is 12.1 Å². The van der Waals surface area contributed by atoms with Crippen LogP contribution in [0.3, 0.4) is 0 Å². The maximum absolute atomic E-state index is 12.9. The van der Waals surface area contributed by atoms with Crippen LogP contribution in [0.1, 0.15) is 45.2 Å². The Bertz CT molecular complexity index is 369. The van der Waals surface area contributed by atoms with Gasteiger partial charge in [-0.05, 0) is 48.4 Å². The summed E-state index contributed by atoms with van der Waals surface area (Å²) >= 11 is 0. The molecule has 0 saturated heterocycles. The van der Waals surface area contributed by atoms with Crippen molar-refractivity contribution in [1.82, 2.24) is 5.32 Å². The zero-order valence-electron chi connectivity index (χ0n) is 11.0. The summed E-state index contributed by atoms with van der Waals surface area (Å²) in [5.41, 5.74) is 1.71. The first-order chi connectivity index (χ1) is 8.03. The lowest BCUT2D eigenvalue weighted by atomic mass is 10.0. The summed E-state index contributed by atoms with van der Waals surface area (Å²) < 4.78 is 12.9. The van der Waals surface area contributed by atoms with E-state index in [1.165, 1.54) is 12.0 Å². The van der Waals surface area contributed by atoms with Gasteiger partial charge in [0.15, 0.2) is 0 Å². The Balaban J connectivity index is 1.90. The number of halogens is 1. The van der Waals surface area contributed by atoms with Crippen molar-refractivity contribution in [2.24, 2.45) is 11.3 Å². The van der Waals surface area contributed by atoms with E-state index >= 15 is 0 Å². The number of nitrogens with one attached hydrogen (secondary N) is 1. The van der Waals surface area contributed by atoms with Crippen LogP contribution in [0.25, 0.3) is 0 Å². The molecule has 0 bridgehead atoms. The molecule has 1 aromatic carbocycles. The maximum atomic E-state index is 12.9. The standard InChI is InChI=1S/C15H22FN/c1-4-14(11-5-7-13(16)8-6-11)17-10-12-9-15(12,2)3/h5-8,12,14,17H,4,9-10H2,1-3H3. The predicted octanol–water partition coefficient (Wildman–Crippen LogP) is 3.91. The minimum absolute atomic E-state index is 0.160.